The van der Waals surface area contributed by atoms with Crippen LogP contribution in [0, 0.1) is 22.6 Å². The highest BCUT2D eigenvalue weighted by molar-refractivity contribution is 5.96. The molecule has 4 atom stereocenters. The summed E-state index contributed by atoms with van der Waals surface area (Å²) in [7, 11) is 1.16. The van der Waals surface area contributed by atoms with Crippen molar-refractivity contribution >= 4 is 17.8 Å². The highest BCUT2D eigenvalue weighted by Gasteiger charge is 2.65. The Balaban J connectivity index is 2.29. The van der Waals surface area contributed by atoms with Crippen LogP contribution in [0.2, 0.25) is 0 Å². The molecular weight excluding hydrogens is 367 g/mol. The van der Waals surface area contributed by atoms with Gasteiger partial charge in [0.05, 0.1) is 24.8 Å². The number of fused-ring (bicyclic) bond motifs is 1. The molecule has 0 bridgehead atoms. The minimum Gasteiger partial charge on any atom is -0.467 e. The largest absolute Gasteiger partial charge is 0.467 e. The molecule has 0 radical (unpaired) electrons. The molecule has 1 aromatic rings. The first-order chi connectivity index (χ1) is 13.3. The number of nitrogens with two attached hydrogens (primary N) is 2. The van der Waals surface area contributed by atoms with Crippen LogP contribution in [0.1, 0.15) is 11.5 Å². The maximum atomic E-state index is 13.4. The molecule has 28 heavy (non-hydrogen) atoms. The van der Waals surface area contributed by atoms with Crippen LogP contribution in [0.15, 0.2) is 48.2 Å². The number of hydrogen-bond acceptors (Lipinski definition) is 6. The molecule has 8 nitrogen and oxygen atoms in total. The molecule has 0 saturated carbocycles. The second-order valence-corrected chi connectivity index (χ2v) is 6.54. The number of carbonyl (C=O) groups excluding carboxylic acids is 3. The van der Waals surface area contributed by atoms with Gasteiger partial charge in [0.1, 0.15) is 11.9 Å². The minimum absolute atomic E-state index is 0.0845. The Kier molecular flexibility index (Phi) is 4.65. The van der Waals surface area contributed by atoms with Gasteiger partial charge in [0.25, 0.3) is 0 Å². The summed E-state index contributed by atoms with van der Waals surface area (Å²) < 4.78 is 18.3. The Morgan fingerprint density at radius 1 is 1.25 bits per heavy atom. The Morgan fingerprint density at radius 3 is 2.39 bits per heavy atom. The fraction of sp³-hybridized carbons (Fsp3) is 0.263. The molecule has 2 heterocycles. The first-order valence-electron chi connectivity index (χ1n) is 8.29. The van der Waals surface area contributed by atoms with Gasteiger partial charge in [-0.25, -0.2) is 9.18 Å². The highest BCUT2D eigenvalue weighted by Crippen LogP contribution is 2.53. The molecular formula is C19H17FN4O4. The van der Waals surface area contributed by atoms with E-state index in [9.17, 15) is 24.0 Å². The van der Waals surface area contributed by atoms with Crippen molar-refractivity contribution in [1.82, 2.24) is 4.90 Å². The second kappa shape index (κ2) is 6.81. The monoisotopic (exact) mass is 384 g/mol. The summed E-state index contributed by atoms with van der Waals surface area (Å²) in [4.78, 5) is 38.2. The Hall–Kier alpha value is -3.67. The van der Waals surface area contributed by atoms with Gasteiger partial charge in [-0.15, -0.1) is 0 Å². The van der Waals surface area contributed by atoms with E-state index in [1.165, 1.54) is 35.4 Å². The summed E-state index contributed by atoms with van der Waals surface area (Å²) in [5.74, 6) is -4.03. The molecule has 4 N–H and O–H groups in total. The molecule has 2 aliphatic rings. The number of nitriles is 1. The molecule has 9 heteroatoms. The molecule has 1 aromatic carbocycles. The zero-order valence-electron chi connectivity index (χ0n) is 14.8. The van der Waals surface area contributed by atoms with Crippen molar-refractivity contribution in [3.63, 3.8) is 0 Å². The van der Waals surface area contributed by atoms with Crippen molar-refractivity contribution in [1.29, 1.82) is 5.26 Å². The lowest BCUT2D eigenvalue weighted by molar-refractivity contribution is -0.145. The number of primary amides is 2. The van der Waals surface area contributed by atoms with Crippen molar-refractivity contribution in [2.45, 2.75) is 18.0 Å². The van der Waals surface area contributed by atoms with E-state index in [0.29, 0.717) is 5.56 Å². The fourth-order valence-electron chi connectivity index (χ4n) is 3.95. The highest BCUT2D eigenvalue weighted by atomic mass is 19.1. The third-order valence-corrected chi connectivity index (χ3v) is 5.21. The van der Waals surface area contributed by atoms with Gasteiger partial charge >= 0.3 is 5.97 Å². The van der Waals surface area contributed by atoms with Gasteiger partial charge in [-0.2, -0.15) is 5.26 Å². The van der Waals surface area contributed by atoms with Gasteiger partial charge in [0, 0.05) is 12.1 Å². The Labute approximate surface area is 159 Å². The summed E-state index contributed by atoms with van der Waals surface area (Å²) >= 11 is 0. The van der Waals surface area contributed by atoms with Crippen LogP contribution < -0.4 is 11.5 Å². The van der Waals surface area contributed by atoms with Gasteiger partial charge in [0.15, 0.2) is 5.41 Å². The van der Waals surface area contributed by atoms with E-state index in [1.807, 2.05) is 6.07 Å². The summed E-state index contributed by atoms with van der Waals surface area (Å²) in [5, 5.41) is 10.0. The van der Waals surface area contributed by atoms with E-state index < -0.39 is 47.0 Å². The summed E-state index contributed by atoms with van der Waals surface area (Å²) in [6.07, 6.45) is 4.13. The zero-order valence-corrected chi connectivity index (χ0v) is 14.8. The predicted octanol–water partition coefficient (Wildman–Crippen LogP) is 0.0694. The summed E-state index contributed by atoms with van der Waals surface area (Å²) in [6, 6.07) is 4.95. The molecule has 0 aromatic heterocycles. The van der Waals surface area contributed by atoms with Crippen molar-refractivity contribution in [2.75, 3.05) is 7.11 Å². The number of esters is 1. The number of amides is 2. The van der Waals surface area contributed by atoms with Crippen molar-refractivity contribution in [3.05, 3.63) is 59.6 Å². The standard InChI is InChI=1S/C19H17FN4O4/c1-28-17(26)15-14(10-2-5-12(20)6-3-10)19(9-21,18(23)27)13-7-4-11(16(22)25)8-24(13)15/h2-8,13-15H,1H3,(H2,22,25)(H2,23,27)/t13-,14-,15+,19+/m1/s1. The topological polar surface area (TPSA) is 140 Å². The second-order valence-electron chi connectivity index (χ2n) is 6.54. The first-order valence-corrected chi connectivity index (χ1v) is 8.29. The van der Waals surface area contributed by atoms with Crippen molar-refractivity contribution in [3.8, 4) is 6.07 Å². The lowest BCUT2D eigenvalue weighted by atomic mass is 9.68. The minimum atomic E-state index is -1.87. The average molecular weight is 384 g/mol. The number of rotatable bonds is 4. The maximum absolute atomic E-state index is 13.4. The molecule has 3 rings (SSSR count). The van der Waals surface area contributed by atoms with E-state index in [-0.39, 0.29) is 5.57 Å². The molecule has 144 valence electrons. The third-order valence-electron chi connectivity index (χ3n) is 5.21. The van der Waals surface area contributed by atoms with Gasteiger partial charge in [0.2, 0.25) is 11.8 Å². The third kappa shape index (κ3) is 2.62. The molecule has 1 fully saturated rings. The molecule has 1 saturated heterocycles. The van der Waals surface area contributed by atoms with Crippen LogP contribution in [0.25, 0.3) is 0 Å². The van der Waals surface area contributed by atoms with E-state index >= 15 is 0 Å². The summed E-state index contributed by atoms with van der Waals surface area (Å²) in [5.41, 5.74) is 9.54. The fourth-order valence-corrected chi connectivity index (χ4v) is 3.95. The number of carbonyl (C=O) groups is 3. The van der Waals surface area contributed by atoms with Gasteiger partial charge in [-0.3, -0.25) is 9.59 Å². The van der Waals surface area contributed by atoms with Crippen LogP contribution in [0.5, 0.6) is 0 Å². The first kappa shape index (κ1) is 19.1. The number of ether oxygens (including phenoxy) is 1. The average Bonchev–Trinajstić information content (AvgIpc) is 2.98. The van der Waals surface area contributed by atoms with Gasteiger partial charge in [-0.1, -0.05) is 18.2 Å². The van der Waals surface area contributed by atoms with Crippen LogP contribution in [0.3, 0.4) is 0 Å². The summed E-state index contributed by atoms with van der Waals surface area (Å²) in [6.45, 7) is 0. The van der Waals surface area contributed by atoms with Crippen molar-refractivity contribution < 1.29 is 23.5 Å². The van der Waals surface area contributed by atoms with E-state index in [4.69, 9.17) is 16.2 Å². The van der Waals surface area contributed by atoms with E-state index in [0.717, 1.165) is 19.2 Å². The maximum Gasteiger partial charge on any atom is 0.329 e. The SMILES string of the molecule is COC(=O)[C@@H]1[C@@H](c2ccc(F)cc2)[C@@](C#N)(C(N)=O)[C@H]2C=CC(C(N)=O)=CN12. The Morgan fingerprint density at radius 2 is 1.89 bits per heavy atom. The van der Waals surface area contributed by atoms with Gasteiger partial charge in [-0.05, 0) is 23.8 Å². The lowest BCUT2D eigenvalue weighted by Crippen LogP contribution is -2.48. The van der Waals surface area contributed by atoms with Gasteiger partial charge < -0.3 is 21.1 Å². The smallest absolute Gasteiger partial charge is 0.329 e. The molecule has 2 amide bonds. The molecule has 0 spiro atoms. The normalized spacial score (nSPS) is 28.1. The molecule has 0 aliphatic carbocycles. The quantitative estimate of drug-likeness (QED) is 0.704. The number of halogens is 1. The van der Waals surface area contributed by atoms with Crippen LogP contribution in [-0.4, -0.2) is 41.9 Å². The molecule has 2 aliphatic heterocycles. The van der Waals surface area contributed by atoms with Crippen LogP contribution >= 0.6 is 0 Å². The predicted molar refractivity (Wildman–Crippen MR) is 94.2 cm³/mol. The zero-order chi connectivity index (χ0) is 20.6. The number of methoxy groups -OCH3 is 1. The van der Waals surface area contributed by atoms with Crippen LogP contribution in [0.4, 0.5) is 4.39 Å². The van der Waals surface area contributed by atoms with E-state index in [2.05, 4.69) is 0 Å². The molecule has 0 unspecified atom stereocenters. The lowest BCUT2D eigenvalue weighted by Gasteiger charge is -2.32. The van der Waals surface area contributed by atoms with E-state index in [1.54, 1.807) is 0 Å². The number of benzene rings is 1. The van der Waals surface area contributed by atoms with Crippen LogP contribution in [-0.2, 0) is 19.1 Å². The number of nitrogens with zero attached hydrogens (tertiary/aromatic N) is 2. The number of hydrogen-bond donors (Lipinski definition) is 2. The van der Waals surface area contributed by atoms with Crippen molar-refractivity contribution in [2.24, 2.45) is 16.9 Å². The Bertz CT molecular complexity index is 950.